The summed E-state index contributed by atoms with van der Waals surface area (Å²) >= 11 is 6.70. The average Bonchev–Trinajstić information content (AvgIpc) is 3.91. The summed E-state index contributed by atoms with van der Waals surface area (Å²) in [5, 5.41) is 5.80. The zero-order chi connectivity index (χ0) is 35.9. The highest BCUT2D eigenvalue weighted by Gasteiger charge is 2.29. The molecule has 1 saturated heterocycles. The van der Waals surface area contributed by atoms with Gasteiger partial charge in [0.1, 0.15) is 17.7 Å². The molecule has 2 fully saturated rings. The fourth-order valence-corrected chi connectivity index (χ4v) is 7.67. The number of nitrogen functional groups attached to an aromatic ring is 1. The predicted octanol–water partition coefficient (Wildman–Crippen LogP) is 9.05. The predicted molar refractivity (Wildman–Crippen MR) is 197 cm³/mol. The summed E-state index contributed by atoms with van der Waals surface area (Å²) in [6, 6.07) is 19.1. The van der Waals surface area contributed by atoms with Gasteiger partial charge in [0.05, 0.1) is 29.3 Å². The number of para-hydroxylation sites is 1. The van der Waals surface area contributed by atoms with Gasteiger partial charge in [-0.2, -0.15) is 5.10 Å². The van der Waals surface area contributed by atoms with Crippen molar-refractivity contribution in [1.82, 2.24) is 24.6 Å². The number of nitrogens with one attached hydrogen (secondary N) is 1. The highest BCUT2D eigenvalue weighted by Crippen LogP contribution is 2.40. The third-order valence-electron chi connectivity index (χ3n) is 10.2. The lowest BCUT2D eigenvalue weighted by atomic mass is 10.0. The number of hydrogen-bond acceptors (Lipinski definition) is 7. The Bertz CT molecular complexity index is 2270. The van der Waals surface area contributed by atoms with E-state index in [1.165, 1.54) is 54.9 Å². The largest absolute Gasteiger partial charge is 0.490 e. The number of hydrogen-bond donors (Lipinski definition) is 2. The second-order valence-electron chi connectivity index (χ2n) is 13.5. The summed E-state index contributed by atoms with van der Waals surface area (Å²) in [6.07, 6.45) is 10.0. The molecule has 0 unspecified atom stereocenters. The van der Waals surface area contributed by atoms with E-state index >= 15 is 0 Å². The van der Waals surface area contributed by atoms with E-state index in [2.05, 4.69) is 20.0 Å². The van der Waals surface area contributed by atoms with Crippen LogP contribution in [0.3, 0.4) is 0 Å². The van der Waals surface area contributed by atoms with E-state index in [1.807, 2.05) is 36.4 Å². The number of piperidine rings is 1. The highest BCUT2D eigenvalue weighted by atomic mass is 35.5. The number of pyridine rings is 1. The van der Waals surface area contributed by atoms with E-state index in [4.69, 9.17) is 26.8 Å². The molecule has 8 rings (SSSR count). The van der Waals surface area contributed by atoms with Crippen molar-refractivity contribution in [1.29, 1.82) is 0 Å². The Morgan fingerprint density at radius 3 is 2.42 bits per heavy atom. The molecule has 4 heterocycles. The van der Waals surface area contributed by atoms with E-state index in [-0.39, 0.29) is 29.1 Å². The number of nitrogens with two attached hydrogens (primary N) is 1. The quantitative estimate of drug-likeness (QED) is 0.143. The van der Waals surface area contributed by atoms with Crippen LogP contribution >= 0.6 is 11.6 Å². The Morgan fingerprint density at radius 1 is 0.942 bits per heavy atom. The van der Waals surface area contributed by atoms with Gasteiger partial charge in [0.15, 0.2) is 11.6 Å². The Kier molecular flexibility index (Phi) is 9.15. The van der Waals surface area contributed by atoms with Crippen LogP contribution in [0.5, 0.6) is 17.4 Å². The maximum Gasteiger partial charge on any atom is 0.219 e. The number of carbonyl (C=O) groups excluding carboxylic acids is 1. The molecule has 3 aromatic carbocycles. The van der Waals surface area contributed by atoms with Crippen LogP contribution in [-0.2, 0) is 0 Å². The lowest BCUT2D eigenvalue weighted by Crippen LogP contribution is -2.43. The molecule has 6 aromatic rings. The molecule has 1 aliphatic carbocycles. The van der Waals surface area contributed by atoms with Crippen molar-refractivity contribution in [2.45, 2.75) is 57.6 Å². The Morgan fingerprint density at radius 2 is 1.69 bits per heavy atom. The first-order valence-electron chi connectivity index (χ1n) is 17.5. The normalized spacial score (nSPS) is 15.8. The molecule has 9 nitrogen and oxygen atoms in total. The van der Waals surface area contributed by atoms with E-state index in [9.17, 15) is 13.6 Å². The lowest BCUT2D eigenvalue weighted by molar-refractivity contribution is 0.0772. The highest BCUT2D eigenvalue weighted by molar-refractivity contribution is 6.33. The van der Waals surface area contributed by atoms with Gasteiger partial charge in [0, 0.05) is 52.3 Å². The number of fused-ring (bicyclic) bond motifs is 1. The molecule has 266 valence electrons. The number of H-pyrrole nitrogens is 1. The van der Waals surface area contributed by atoms with Crippen molar-refractivity contribution in [3.63, 3.8) is 0 Å². The number of ketones is 1. The number of carbonyl (C=O) groups is 1. The fraction of sp³-hybridized carbons (Fsp3) is 0.275. The molecule has 2 aliphatic rings. The zero-order valence-corrected chi connectivity index (χ0v) is 29.3. The van der Waals surface area contributed by atoms with Crippen LogP contribution in [0.25, 0.3) is 27.7 Å². The summed E-state index contributed by atoms with van der Waals surface area (Å²) in [4.78, 5) is 24.0. The van der Waals surface area contributed by atoms with Gasteiger partial charge >= 0.3 is 0 Å². The first kappa shape index (κ1) is 33.9. The summed E-state index contributed by atoms with van der Waals surface area (Å²) in [7, 11) is 0. The van der Waals surface area contributed by atoms with Crippen molar-refractivity contribution in [3.05, 3.63) is 113 Å². The van der Waals surface area contributed by atoms with Crippen molar-refractivity contribution < 1.29 is 23.0 Å². The second kappa shape index (κ2) is 14.0. The Balaban J connectivity index is 1.06. The third kappa shape index (κ3) is 6.50. The van der Waals surface area contributed by atoms with Gasteiger partial charge < -0.3 is 25.1 Å². The maximum atomic E-state index is 14.1. The molecule has 0 radical (unpaired) electrons. The Hall–Kier alpha value is -5.26. The summed E-state index contributed by atoms with van der Waals surface area (Å²) in [5.74, 6) is -1.78. The van der Waals surface area contributed by atoms with Crippen LogP contribution in [0.1, 0.15) is 60.1 Å². The molecule has 1 saturated carbocycles. The van der Waals surface area contributed by atoms with Gasteiger partial charge in [0.2, 0.25) is 17.4 Å². The molecule has 0 atom stereocenters. The third-order valence-corrected chi connectivity index (χ3v) is 10.5. The minimum Gasteiger partial charge on any atom is -0.490 e. The fourth-order valence-electron chi connectivity index (χ4n) is 7.43. The second-order valence-corrected chi connectivity index (χ2v) is 13.9. The van der Waals surface area contributed by atoms with Crippen LogP contribution in [0.4, 0.5) is 14.6 Å². The van der Waals surface area contributed by atoms with Crippen LogP contribution in [0.2, 0.25) is 5.02 Å². The van der Waals surface area contributed by atoms with Gasteiger partial charge in [-0.3, -0.25) is 4.79 Å². The maximum absolute atomic E-state index is 14.1. The molecule has 0 amide bonds. The van der Waals surface area contributed by atoms with Crippen molar-refractivity contribution in [2.75, 3.05) is 18.8 Å². The lowest BCUT2D eigenvalue weighted by Gasteiger charge is -2.36. The van der Waals surface area contributed by atoms with Crippen molar-refractivity contribution in [2.24, 2.45) is 0 Å². The SMILES string of the molecule is Cc1cc(Oc2c(F)cccc2F)ncc1-n1ncc(C(=O)c2cc3cc(OC4CCN(C5CCCC5)CC4)c(-c4ccccc4Cl)cc3[nH]2)c1N. The number of aryl methyl sites for hydroxylation is 1. The van der Waals surface area contributed by atoms with E-state index in [1.54, 1.807) is 13.0 Å². The standard InChI is InChI=1S/C40H37ClF2N6O3/c1-23-17-37(52-39-31(42)11-6-12-32(39)43)45-22-35(23)49-40(44)29(21-46-49)38(50)34-18-24-19-36(28(20-33(24)47-34)27-9-4-5-10-30(27)41)51-26-13-15-48(16-14-26)25-7-2-3-8-25/h4-6,9-12,17-22,25-26,47H,2-3,7-8,13-16,44H2,1H3. The average molecular weight is 723 g/mol. The summed E-state index contributed by atoms with van der Waals surface area (Å²) in [5.41, 5.74) is 10.5. The van der Waals surface area contributed by atoms with Gasteiger partial charge in [-0.05, 0) is 74.6 Å². The van der Waals surface area contributed by atoms with E-state index < -0.39 is 17.4 Å². The topological polar surface area (TPSA) is 111 Å². The molecule has 3 N–H and O–H groups in total. The number of aromatic nitrogens is 4. The molecule has 0 spiro atoms. The van der Waals surface area contributed by atoms with Gasteiger partial charge in [-0.25, -0.2) is 18.4 Å². The number of halogens is 3. The number of anilines is 1. The molecular formula is C40H37ClF2N6O3. The minimum absolute atomic E-state index is 0.0144. The molecule has 52 heavy (non-hydrogen) atoms. The molecule has 0 bridgehead atoms. The number of nitrogens with zero attached hydrogens (tertiary/aromatic N) is 4. The number of benzene rings is 3. The van der Waals surface area contributed by atoms with Gasteiger partial charge in [-0.15, -0.1) is 0 Å². The monoisotopic (exact) mass is 722 g/mol. The number of ether oxygens (including phenoxy) is 2. The van der Waals surface area contributed by atoms with Crippen LogP contribution in [0.15, 0.2) is 79.1 Å². The van der Waals surface area contributed by atoms with E-state index in [0.29, 0.717) is 28.0 Å². The van der Waals surface area contributed by atoms with Crippen molar-refractivity contribution in [3.8, 4) is 34.2 Å². The summed E-state index contributed by atoms with van der Waals surface area (Å²) in [6.45, 7) is 3.80. The first-order valence-corrected chi connectivity index (χ1v) is 17.9. The molecule has 12 heteroatoms. The first-order chi connectivity index (χ1) is 25.2. The van der Waals surface area contributed by atoms with Crippen molar-refractivity contribution >= 4 is 34.1 Å². The Labute approximate surface area is 304 Å². The number of rotatable bonds is 9. The summed E-state index contributed by atoms with van der Waals surface area (Å²) < 4.78 is 41.8. The van der Waals surface area contributed by atoms with Gasteiger partial charge in [0.25, 0.3) is 0 Å². The smallest absolute Gasteiger partial charge is 0.219 e. The van der Waals surface area contributed by atoms with Crippen LogP contribution < -0.4 is 15.2 Å². The number of aromatic amines is 1. The zero-order valence-electron chi connectivity index (χ0n) is 28.5. The molecule has 3 aromatic heterocycles. The number of likely N-dealkylation sites (tertiary alicyclic amines) is 1. The van der Waals surface area contributed by atoms with Crippen LogP contribution in [0, 0.1) is 18.6 Å². The molecular weight excluding hydrogens is 686 g/mol. The van der Waals surface area contributed by atoms with Gasteiger partial charge in [-0.1, -0.05) is 48.7 Å². The minimum atomic E-state index is -0.848. The molecule has 1 aliphatic heterocycles. The van der Waals surface area contributed by atoms with Crippen LogP contribution in [-0.4, -0.2) is 55.7 Å². The van der Waals surface area contributed by atoms with E-state index in [0.717, 1.165) is 65.8 Å².